The number of ether oxygens (including phenoxy) is 3. The van der Waals surface area contributed by atoms with Crippen molar-refractivity contribution >= 4 is 39.1 Å². The van der Waals surface area contributed by atoms with E-state index in [1.54, 1.807) is 62.4 Å². The molecule has 3 aromatic carbocycles. The number of likely N-dealkylation sites (N-methyl/N-ethyl adjacent to an activating group) is 1. The van der Waals surface area contributed by atoms with Crippen molar-refractivity contribution in [2.45, 2.75) is 38.3 Å². The van der Waals surface area contributed by atoms with Gasteiger partial charge in [-0.2, -0.15) is 0 Å². The zero-order valence-electron chi connectivity index (χ0n) is 24.3. The molecular formula is C30H36ClN3O7S. The summed E-state index contributed by atoms with van der Waals surface area (Å²) in [7, 11) is -1.47. The largest absolute Gasteiger partial charge is 0.494 e. The van der Waals surface area contributed by atoms with Gasteiger partial charge < -0.3 is 24.4 Å². The number of carbonyl (C=O) groups is 2. The molecule has 3 aromatic rings. The lowest BCUT2D eigenvalue weighted by atomic mass is 10.1. The van der Waals surface area contributed by atoms with Gasteiger partial charge in [-0.25, -0.2) is 8.42 Å². The van der Waals surface area contributed by atoms with E-state index in [9.17, 15) is 18.0 Å². The highest BCUT2D eigenvalue weighted by molar-refractivity contribution is 7.92. The van der Waals surface area contributed by atoms with E-state index in [1.807, 2.05) is 6.92 Å². The highest BCUT2D eigenvalue weighted by Gasteiger charge is 2.33. The number of rotatable bonds is 14. The molecule has 0 aliphatic carbocycles. The van der Waals surface area contributed by atoms with Gasteiger partial charge in [0.2, 0.25) is 11.8 Å². The van der Waals surface area contributed by atoms with Crippen LogP contribution in [-0.4, -0.2) is 65.1 Å². The molecule has 0 saturated carbocycles. The summed E-state index contributed by atoms with van der Waals surface area (Å²) in [4.78, 5) is 28.0. The minimum absolute atomic E-state index is 0.0330. The van der Waals surface area contributed by atoms with Gasteiger partial charge in [-0.1, -0.05) is 23.7 Å². The minimum atomic E-state index is -4.31. The molecule has 226 valence electrons. The third-order valence-electron chi connectivity index (χ3n) is 6.42. The van der Waals surface area contributed by atoms with Gasteiger partial charge in [-0.15, -0.1) is 0 Å². The number of sulfonamides is 1. The molecule has 0 bridgehead atoms. The number of nitrogens with one attached hydrogen (secondary N) is 1. The predicted octanol–water partition coefficient (Wildman–Crippen LogP) is 4.50. The monoisotopic (exact) mass is 617 g/mol. The van der Waals surface area contributed by atoms with Crippen LogP contribution in [0.5, 0.6) is 17.2 Å². The molecule has 0 aromatic heterocycles. The number of amides is 2. The fourth-order valence-corrected chi connectivity index (χ4v) is 5.89. The highest BCUT2D eigenvalue weighted by Crippen LogP contribution is 2.33. The fraction of sp³-hybridized carbons (Fsp3) is 0.333. The summed E-state index contributed by atoms with van der Waals surface area (Å²) in [5.74, 6) is 0.144. The predicted molar refractivity (Wildman–Crippen MR) is 162 cm³/mol. The van der Waals surface area contributed by atoms with E-state index in [-0.39, 0.29) is 28.8 Å². The van der Waals surface area contributed by atoms with Crippen molar-refractivity contribution in [3.05, 3.63) is 77.3 Å². The van der Waals surface area contributed by atoms with Crippen LogP contribution in [0.3, 0.4) is 0 Å². The molecule has 0 aliphatic rings. The molecule has 1 atom stereocenters. The van der Waals surface area contributed by atoms with E-state index in [1.165, 1.54) is 37.3 Å². The number of methoxy groups -OCH3 is 2. The molecule has 0 saturated heterocycles. The Hall–Kier alpha value is -3.96. The summed E-state index contributed by atoms with van der Waals surface area (Å²) in [6.45, 7) is 5.45. The Labute approximate surface area is 252 Å². The summed E-state index contributed by atoms with van der Waals surface area (Å²) in [5.41, 5.74) is 0.914. The second-order valence-electron chi connectivity index (χ2n) is 9.18. The molecule has 1 N–H and O–H groups in total. The number of carbonyl (C=O) groups excluding carboxylic acids is 2. The maximum absolute atomic E-state index is 14.1. The average Bonchev–Trinajstić information content (AvgIpc) is 2.98. The number of hydrogen-bond donors (Lipinski definition) is 1. The molecule has 0 radical (unpaired) electrons. The van der Waals surface area contributed by atoms with Crippen molar-refractivity contribution in [1.29, 1.82) is 0 Å². The SMILES string of the molecule is CCNC(=O)[C@@H](C)N(Cc1cccc(Cl)c1)C(=O)CN(c1ccc(OCC)cc1)S(=O)(=O)c1ccc(OC)c(OC)c1. The first-order valence-corrected chi connectivity index (χ1v) is 15.2. The Morgan fingerprint density at radius 2 is 1.64 bits per heavy atom. The van der Waals surface area contributed by atoms with E-state index < -0.39 is 28.5 Å². The molecule has 0 aliphatic heterocycles. The Morgan fingerprint density at radius 1 is 0.952 bits per heavy atom. The first-order valence-electron chi connectivity index (χ1n) is 13.3. The summed E-state index contributed by atoms with van der Waals surface area (Å²) in [6, 6.07) is 16.6. The number of anilines is 1. The van der Waals surface area contributed by atoms with E-state index in [4.69, 9.17) is 25.8 Å². The zero-order valence-corrected chi connectivity index (χ0v) is 25.9. The molecule has 0 fully saturated rings. The molecule has 2 amide bonds. The Bertz CT molecular complexity index is 1480. The van der Waals surface area contributed by atoms with Crippen LogP contribution in [0.2, 0.25) is 5.02 Å². The topological polar surface area (TPSA) is 114 Å². The van der Waals surface area contributed by atoms with E-state index >= 15 is 0 Å². The third-order valence-corrected chi connectivity index (χ3v) is 8.42. The van der Waals surface area contributed by atoms with Gasteiger partial charge in [-0.05, 0) is 74.9 Å². The molecule has 42 heavy (non-hydrogen) atoms. The first kappa shape index (κ1) is 32.6. The van der Waals surface area contributed by atoms with E-state index in [2.05, 4.69) is 5.32 Å². The average molecular weight is 618 g/mol. The van der Waals surface area contributed by atoms with Crippen molar-refractivity contribution in [3.63, 3.8) is 0 Å². The zero-order chi connectivity index (χ0) is 30.9. The van der Waals surface area contributed by atoms with Crippen LogP contribution in [0.25, 0.3) is 0 Å². The van der Waals surface area contributed by atoms with Gasteiger partial charge in [0.1, 0.15) is 18.3 Å². The van der Waals surface area contributed by atoms with Crippen LogP contribution < -0.4 is 23.8 Å². The smallest absolute Gasteiger partial charge is 0.264 e. The van der Waals surface area contributed by atoms with Crippen LogP contribution in [0.1, 0.15) is 26.3 Å². The van der Waals surface area contributed by atoms with Crippen LogP contribution in [0.4, 0.5) is 5.69 Å². The van der Waals surface area contributed by atoms with Crippen molar-refractivity contribution in [2.75, 3.05) is 38.2 Å². The maximum atomic E-state index is 14.1. The van der Waals surface area contributed by atoms with Gasteiger partial charge in [0.25, 0.3) is 10.0 Å². The molecule has 12 heteroatoms. The third kappa shape index (κ3) is 7.86. The summed E-state index contributed by atoms with van der Waals surface area (Å²) < 4.78 is 45.3. The minimum Gasteiger partial charge on any atom is -0.494 e. The summed E-state index contributed by atoms with van der Waals surface area (Å²) in [6.07, 6.45) is 0. The Balaban J connectivity index is 2.08. The lowest BCUT2D eigenvalue weighted by molar-refractivity contribution is -0.139. The molecule has 0 heterocycles. The van der Waals surface area contributed by atoms with Crippen LogP contribution in [0, 0.1) is 0 Å². The van der Waals surface area contributed by atoms with Gasteiger partial charge in [-0.3, -0.25) is 13.9 Å². The lowest BCUT2D eigenvalue weighted by Crippen LogP contribution is -2.51. The second kappa shape index (κ2) is 14.8. The van der Waals surface area contributed by atoms with Gasteiger partial charge in [0, 0.05) is 24.2 Å². The summed E-state index contributed by atoms with van der Waals surface area (Å²) >= 11 is 6.17. The van der Waals surface area contributed by atoms with Crippen molar-refractivity contribution in [1.82, 2.24) is 10.2 Å². The normalized spacial score (nSPS) is 11.8. The quantitative estimate of drug-likeness (QED) is 0.283. The Kier molecular flexibility index (Phi) is 11.5. The molecule has 0 unspecified atom stereocenters. The first-order chi connectivity index (χ1) is 20.0. The number of hydrogen-bond acceptors (Lipinski definition) is 7. The van der Waals surface area contributed by atoms with Crippen molar-refractivity contribution in [2.24, 2.45) is 0 Å². The van der Waals surface area contributed by atoms with Crippen LogP contribution in [0.15, 0.2) is 71.6 Å². The summed E-state index contributed by atoms with van der Waals surface area (Å²) in [5, 5.41) is 3.20. The molecule has 3 rings (SSSR count). The fourth-order valence-electron chi connectivity index (χ4n) is 4.24. The van der Waals surface area contributed by atoms with Crippen molar-refractivity contribution in [3.8, 4) is 17.2 Å². The molecule has 10 nitrogen and oxygen atoms in total. The van der Waals surface area contributed by atoms with Crippen molar-refractivity contribution < 1.29 is 32.2 Å². The van der Waals surface area contributed by atoms with E-state index in [0.29, 0.717) is 35.2 Å². The number of halogens is 1. The van der Waals surface area contributed by atoms with Crippen LogP contribution >= 0.6 is 11.6 Å². The van der Waals surface area contributed by atoms with Gasteiger partial charge >= 0.3 is 0 Å². The lowest BCUT2D eigenvalue weighted by Gasteiger charge is -2.32. The highest BCUT2D eigenvalue weighted by atomic mass is 35.5. The number of nitrogens with zero attached hydrogens (tertiary/aromatic N) is 2. The van der Waals surface area contributed by atoms with Gasteiger partial charge in [0.15, 0.2) is 11.5 Å². The second-order valence-corrected chi connectivity index (χ2v) is 11.5. The molecule has 0 spiro atoms. The van der Waals surface area contributed by atoms with Crippen LogP contribution in [-0.2, 0) is 26.2 Å². The number of benzene rings is 3. The molecular weight excluding hydrogens is 582 g/mol. The maximum Gasteiger partial charge on any atom is 0.264 e. The van der Waals surface area contributed by atoms with Gasteiger partial charge in [0.05, 0.1) is 31.4 Å². The Morgan fingerprint density at radius 3 is 2.24 bits per heavy atom. The standard InChI is InChI=1S/C30H36ClN3O7S/c1-6-32-30(36)21(3)33(19-22-9-8-10-23(31)17-22)29(35)20-34(24-11-13-25(14-12-24)41-7-2)42(37,38)26-15-16-27(39-4)28(18-26)40-5/h8-18,21H,6-7,19-20H2,1-5H3,(H,32,36)/t21-/m1/s1. The van der Waals surface area contributed by atoms with E-state index in [0.717, 1.165) is 4.31 Å².